The lowest BCUT2D eigenvalue weighted by Gasteiger charge is -2.18. The van der Waals surface area contributed by atoms with Gasteiger partial charge in [0, 0.05) is 10.2 Å². The smallest absolute Gasteiger partial charge is 0.340 e. The van der Waals surface area contributed by atoms with Crippen LogP contribution in [0.1, 0.15) is 12.5 Å². The van der Waals surface area contributed by atoms with Crippen molar-refractivity contribution in [3.63, 3.8) is 0 Å². The molecule has 1 amide bonds. The molecule has 0 unspecified atom stereocenters. The van der Waals surface area contributed by atoms with Gasteiger partial charge in [0.05, 0.1) is 23.9 Å². The third-order valence-electron chi connectivity index (χ3n) is 4.56. The summed E-state index contributed by atoms with van der Waals surface area (Å²) in [6.45, 7) is 1.89. The molecule has 7 heteroatoms. The predicted molar refractivity (Wildman–Crippen MR) is 107 cm³/mol. The number of carbonyl (C=O) groups excluding carboxylic acids is 2. The van der Waals surface area contributed by atoms with Gasteiger partial charge in [0.2, 0.25) is 6.79 Å². The van der Waals surface area contributed by atoms with Crippen LogP contribution in [-0.2, 0) is 14.3 Å². The molecule has 2 heterocycles. The Labute approximate surface area is 170 Å². The number of hydrogen-bond donors (Lipinski definition) is 0. The lowest BCUT2D eigenvalue weighted by molar-refractivity contribution is -0.136. The first-order valence-electron chi connectivity index (χ1n) is 8.50. The molecule has 0 aliphatic carbocycles. The molecule has 0 bridgehead atoms. The zero-order valence-electron chi connectivity index (χ0n) is 15.2. The van der Waals surface area contributed by atoms with Gasteiger partial charge in [-0.25, -0.2) is 4.79 Å². The van der Waals surface area contributed by atoms with Crippen LogP contribution < -0.4 is 14.4 Å². The van der Waals surface area contributed by atoms with Gasteiger partial charge in [-0.2, -0.15) is 0 Å². The van der Waals surface area contributed by atoms with Gasteiger partial charge in [0.1, 0.15) is 0 Å². The van der Waals surface area contributed by atoms with Gasteiger partial charge in [-0.05, 0) is 48.9 Å². The molecule has 0 aromatic heterocycles. The molecule has 0 N–H and O–H groups in total. The van der Waals surface area contributed by atoms with E-state index in [-0.39, 0.29) is 23.8 Å². The Bertz CT molecular complexity index is 1060. The van der Waals surface area contributed by atoms with E-state index < -0.39 is 5.97 Å². The molecular formula is C21H16BrNO5. The Morgan fingerprint density at radius 3 is 2.71 bits per heavy atom. The topological polar surface area (TPSA) is 65.1 Å². The number of methoxy groups -OCH3 is 1. The van der Waals surface area contributed by atoms with E-state index in [9.17, 15) is 9.59 Å². The SMILES string of the molecule is COC(=O)C1=C(C)N(c2cccc(Br)c2)C(=O)C1=Cc1ccc2c(c1)OCO2. The van der Waals surface area contributed by atoms with Crippen molar-refractivity contribution >= 4 is 39.6 Å². The summed E-state index contributed by atoms with van der Waals surface area (Å²) in [5.74, 6) is 0.392. The number of esters is 1. The fourth-order valence-electron chi connectivity index (χ4n) is 3.28. The predicted octanol–water partition coefficient (Wildman–Crippen LogP) is 4.06. The molecule has 6 nitrogen and oxygen atoms in total. The Hall–Kier alpha value is -3.06. The van der Waals surface area contributed by atoms with E-state index in [1.165, 1.54) is 12.0 Å². The molecule has 0 radical (unpaired) electrons. The van der Waals surface area contributed by atoms with Crippen molar-refractivity contribution in [1.82, 2.24) is 0 Å². The third-order valence-corrected chi connectivity index (χ3v) is 5.06. The van der Waals surface area contributed by atoms with Crippen LogP contribution >= 0.6 is 15.9 Å². The van der Waals surface area contributed by atoms with Crippen molar-refractivity contribution < 1.29 is 23.8 Å². The second-order valence-corrected chi connectivity index (χ2v) is 7.16. The van der Waals surface area contributed by atoms with E-state index >= 15 is 0 Å². The number of amides is 1. The quantitative estimate of drug-likeness (QED) is 0.530. The van der Waals surface area contributed by atoms with Gasteiger partial charge in [0.25, 0.3) is 5.91 Å². The van der Waals surface area contributed by atoms with Crippen LogP contribution in [0.4, 0.5) is 5.69 Å². The summed E-state index contributed by atoms with van der Waals surface area (Å²) in [5.41, 5.74) is 2.40. The van der Waals surface area contributed by atoms with Crippen LogP contribution in [0.3, 0.4) is 0 Å². The number of allylic oxidation sites excluding steroid dienone is 1. The summed E-state index contributed by atoms with van der Waals surface area (Å²) in [5, 5.41) is 0. The van der Waals surface area contributed by atoms with Crippen molar-refractivity contribution in [1.29, 1.82) is 0 Å². The van der Waals surface area contributed by atoms with E-state index in [0.717, 1.165) is 10.0 Å². The lowest BCUT2D eigenvalue weighted by Crippen LogP contribution is -2.24. The number of benzene rings is 2. The molecular weight excluding hydrogens is 426 g/mol. The molecule has 2 aromatic carbocycles. The highest BCUT2D eigenvalue weighted by Gasteiger charge is 2.38. The number of anilines is 1. The van der Waals surface area contributed by atoms with Crippen molar-refractivity contribution in [2.45, 2.75) is 6.92 Å². The summed E-state index contributed by atoms with van der Waals surface area (Å²) < 4.78 is 16.5. The molecule has 0 atom stereocenters. The average molecular weight is 442 g/mol. The summed E-state index contributed by atoms with van der Waals surface area (Å²) in [7, 11) is 1.30. The zero-order chi connectivity index (χ0) is 19.8. The lowest BCUT2D eigenvalue weighted by atomic mass is 10.0. The van der Waals surface area contributed by atoms with E-state index in [2.05, 4.69) is 15.9 Å². The first-order valence-corrected chi connectivity index (χ1v) is 9.30. The van der Waals surface area contributed by atoms with E-state index in [4.69, 9.17) is 14.2 Å². The maximum absolute atomic E-state index is 13.2. The van der Waals surface area contributed by atoms with Crippen molar-refractivity contribution in [3.8, 4) is 11.5 Å². The monoisotopic (exact) mass is 441 g/mol. The minimum atomic E-state index is -0.560. The van der Waals surface area contributed by atoms with E-state index in [1.54, 1.807) is 31.2 Å². The highest BCUT2D eigenvalue weighted by atomic mass is 79.9. The third kappa shape index (κ3) is 3.07. The van der Waals surface area contributed by atoms with Crippen LogP contribution in [0.15, 0.2) is 63.8 Å². The van der Waals surface area contributed by atoms with Gasteiger partial charge >= 0.3 is 5.97 Å². The highest BCUT2D eigenvalue weighted by Crippen LogP contribution is 2.38. The van der Waals surface area contributed by atoms with Crippen LogP contribution in [0.25, 0.3) is 6.08 Å². The normalized spacial score (nSPS) is 16.9. The summed E-state index contributed by atoms with van der Waals surface area (Å²) in [6.07, 6.45) is 1.66. The zero-order valence-corrected chi connectivity index (χ0v) is 16.8. The molecule has 2 aromatic rings. The number of halogens is 1. The van der Waals surface area contributed by atoms with Crippen LogP contribution in [0, 0.1) is 0 Å². The Morgan fingerprint density at radius 1 is 1.18 bits per heavy atom. The molecule has 0 saturated heterocycles. The Kier molecular flexibility index (Phi) is 4.68. The number of hydrogen-bond acceptors (Lipinski definition) is 5. The number of ether oxygens (including phenoxy) is 3. The average Bonchev–Trinajstić information content (AvgIpc) is 3.23. The second kappa shape index (κ2) is 7.16. The molecule has 142 valence electrons. The fourth-order valence-corrected chi connectivity index (χ4v) is 3.66. The van der Waals surface area contributed by atoms with E-state index in [0.29, 0.717) is 22.9 Å². The molecule has 4 rings (SSSR count). The van der Waals surface area contributed by atoms with E-state index in [1.807, 2.05) is 24.3 Å². The molecule has 28 heavy (non-hydrogen) atoms. The molecule has 2 aliphatic rings. The molecule has 0 spiro atoms. The maximum atomic E-state index is 13.2. The van der Waals surface area contributed by atoms with Crippen LogP contribution in [0.2, 0.25) is 0 Å². The van der Waals surface area contributed by atoms with Crippen molar-refractivity contribution in [2.24, 2.45) is 0 Å². The molecule has 2 aliphatic heterocycles. The first-order chi connectivity index (χ1) is 13.5. The Balaban J connectivity index is 1.82. The first kappa shape index (κ1) is 18.3. The minimum Gasteiger partial charge on any atom is -0.465 e. The molecule has 0 fully saturated rings. The largest absolute Gasteiger partial charge is 0.465 e. The summed E-state index contributed by atoms with van der Waals surface area (Å²) in [6, 6.07) is 12.7. The van der Waals surface area contributed by atoms with Gasteiger partial charge in [-0.3, -0.25) is 9.69 Å². The second-order valence-electron chi connectivity index (χ2n) is 6.24. The maximum Gasteiger partial charge on any atom is 0.340 e. The Morgan fingerprint density at radius 2 is 1.96 bits per heavy atom. The number of fused-ring (bicyclic) bond motifs is 1. The summed E-state index contributed by atoms with van der Waals surface area (Å²) >= 11 is 3.42. The highest BCUT2D eigenvalue weighted by molar-refractivity contribution is 9.10. The number of carbonyl (C=O) groups is 2. The molecule has 0 saturated carbocycles. The van der Waals surface area contributed by atoms with Crippen LogP contribution in [0.5, 0.6) is 11.5 Å². The van der Waals surface area contributed by atoms with Crippen molar-refractivity contribution in [3.05, 3.63) is 69.3 Å². The van der Waals surface area contributed by atoms with Gasteiger partial charge < -0.3 is 14.2 Å². The van der Waals surface area contributed by atoms with Gasteiger partial charge in [-0.1, -0.05) is 28.1 Å². The van der Waals surface area contributed by atoms with Crippen LogP contribution in [-0.4, -0.2) is 25.8 Å². The summed E-state index contributed by atoms with van der Waals surface area (Å²) in [4.78, 5) is 27.2. The number of rotatable bonds is 3. The van der Waals surface area contributed by atoms with Gasteiger partial charge in [-0.15, -0.1) is 0 Å². The number of nitrogens with zero attached hydrogens (tertiary/aromatic N) is 1. The standard InChI is InChI=1S/C21H16BrNO5/c1-12-19(21(25)26-2)16(8-13-6-7-17-18(9-13)28-11-27-17)20(24)23(12)15-5-3-4-14(22)10-15/h3-10H,11H2,1-2H3. The van der Waals surface area contributed by atoms with Gasteiger partial charge in [0.15, 0.2) is 11.5 Å². The fraction of sp³-hybridized carbons (Fsp3) is 0.143. The van der Waals surface area contributed by atoms with Crippen molar-refractivity contribution in [2.75, 3.05) is 18.8 Å². The minimum absolute atomic E-state index is 0.164.